The number of esters is 2. The predicted molar refractivity (Wildman–Crippen MR) is 124 cm³/mol. The molecule has 9 nitrogen and oxygen atoms in total. The molecule has 0 saturated heterocycles. The third kappa shape index (κ3) is 6.31. The number of hydrogen-bond acceptors (Lipinski definition) is 7. The molecule has 0 spiro atoms. The Morgan fingerprint density at radius 1 is 0.763 bits per heavy atom. The number of carbonyl (C=O) groups excluding carboxylic acids is 3. The van der Waals surface area contributed by atoms with E-state index in [1.165, 1.54) is 24.3 Å². The number of Topliss-reactive ketones (excluding diaryl/α,β-unsaturated/α-hetero) is 1. The molecule has 0 aromatic heterocycles. The number of ether oxygens (including phenoxy) is 2. The molecule has 0 saturated carbocycles. The van der Waals surface area contributed by atoms with E-state index >= 15 is 0 Å². The van der Waals surface area contributed by atoms with Gasteiger partial charge in [-0.15, -0.1) is 0 Å². The lowest BCUT2D eigenvalue weighted by Gasteiger charge is -2.44. The quantitative estimate of drug-likeness (QED) is 0.236. The van der Waals surface area contributed by atoms with Gasteiger partial charge in [0.2, 0.25) is 5.41 Å². The fraction of sp³-hybridized carbons (Fsp3) is 0.320. The van der Waals surface area contributed by atoms with E-state index in [4.69, 9.17) is 21.1 Å². The molecule has 0 aliphatic carbocycles. The fourth-order valence-electron chi connectivity index (χ4n) is 3.94. The van der Waals surface area contributed by atoms with Crippen molar-refractivity contribution in [3.05, 3.63) is 70.2 Å². The SMILES string of the molecule is CC(=O)OCC(C(=O)O)(C(=O)O)C(COC(C)=O)(CC(=O)c1ccc(C(F)(F)F)cc1)c1ccc(Cl)cc1. The highest BCUT2D eigenvalue weighted by Crippen LogP contribution is 2.48. The summed E-state index contributed by atoms with van der Waals surface area (Å²) in [4.78, 5) is 62.2. The second-order valence-corrected chi connectivity index (χ2v) is 8.78. The minimum atomic E-state index is -4.70. The van der Waals surface area contributed by atoms with Crippen molar-refractivity contribution in [1.82, 2.24) is 0 Å². The highest BCUT2D eigenvalue weighted by molar-refractivity contribution is 6.30. The van der Waals surface area contributed by atoms with Gasteiger partial charge >= 0.3 is 30.1 Å². The molecular formula is C25H22ClF3O9. The average Bonchev–Trinajstić information content (AvgIpc) is 2.81. The summed E-state index contributed by atoms with van der Waals surface area (Å²) in [6.45, 7) is -0.412. The summed E-state index contributed by atoms with van der Waals surface area (Å²) in [6.07, 6.45) is -5.69. The number of carboxylic acid groups (broad SMARTS) is 2. The van der Waals surface area contributed by atoms with Crippen molar-refractivity contribution in [2.45, 2.75) is 31.9 Å². The third-order valence-corrected chi connectivity index (χ3v) is 6.21. The number of ketones is 1. The van der Waals surface area contributed by atoms with E-state index < -0.39 is 71.9 Å². The normalized spacial score (nSPS) is 13.2. The van der Waals surface area contributed by atoms with Gasteiger partial charge in [0, 0.05) is 30.9 Å². The van der Waals surface area contributed by atoms with E-state index in [0.29, 0.717) is 12.1 Å². The molecule has 2 aromatic carbocycles. The molecule has 2 N–H and O–H groups in total. The maximum Gasteiger partial charge on any atom is 0.416 e. The van der Waals surface area contributed by atoms with Crippen LogP contribution in [-0.4, -0.2) is 53.1 Å². The van der Waals surface area contributed by atoms with Gasteiger partial charge in [0.1, 0.15) is 13.2 Å². The maximum atomic E-state index is 13.4. The molecule has 2 aromatic rings. The second-order valence-electron chi connectivity index (χ2n) is 8.34. The molecule has 0 amide bonds. The largest absolute Gasteiger partial charge is 0.480 e. The molecule has 1 atom stereocenters. The van der Waals surface area contributed by atoms with Crippen LogP contribution in [0.3, 0.4) is 0 Å². The molecule has 0 radical (unpaired) electrons. The van der Waals surface area contributed by atoms with Gasteiger partial charge in [-0.1, -0.05) is 35.9 Å². The molecule has 38 heavy (non-hydrogen) atoms. The fourth-order valence-corrected chi connectivity index (χ4v) is 4.07. The van der Waals surface area contributed by atoms with E-state index in [1.54, 1.807) is 0 Å². The summed E-state index contributed by atoms with van der Waals surface area (Å²) < 4.78 is 48.9. The number of halogens is 4. The van der Waals surface area contributed by atoms with E-state index in [0.717, 1.165) is 26.0 Å². The smallest absolute Gasteiger partial charge is 0.416 e. The summed E-state index contributed by atoms with van der Waals surface area (Å²) in [5.74, 6) is -7.04. The van der Waals surface area contributed by atoms with Gasteiger partial charge in [0.05, 0.1) is 11.0 Å². The standard InChI is InChI=1S/C25H22ClF3O9/c1-14(30)37-12-23(17-7-9-19(26)10-8-17,24(21(33)34,22(35)36)13-38-15(2)31)11-20(32)16-3-5-18(6-4-16)25(27,28)29/h3-10H,11-13H2,1-2H3,(H,33,34)(H,35,36). The molecule has 13 heteroatoms. The van der Waals surface area contributed by atoms with Gasteiger partial charge in [-0.3, -0.25) is 24.0 Å². The summed E-state index contributed by atoms with van der Waals surface area (Å²) in [7, 11) is 0. The van der Waals surface area contributed by atoms with Crippen LogP contribution in [0.15, 0.2) is 48.5 Å². The van der Waals surface area contributed by atoms with Crippen LogP contribution < -0.4 is 0 Å². The lowest BCUT2D eigenvalue weighted by Crippen LogP contribution is -2.62. The first kappa shape index (κ1) is 30.3. The van der Waals surface area contributed by atoms with Crippen LogP contribution in [0, 0.1) is 5.41 Å². The van der Waals surface area contributed by atoms with Crippen LogP contribution in [0.5, 0.6) is 0 Å². The number of alkyl halides is 3. The number of hydrogen-bond donors (Lipinski definition) is 2. The molecular weight excluding hydrogens is 537 g/mol. The monoisotopic (exact) mass is 558 g/mol. The maximum absolute atomic E-state index is 13.4. The first-order chi connectivity index (χ1) is 17.6. The Hall–Kier alpha value is -3.93. The second kappa shape index (κ2) is 11.6. The van der Waals surface area contributed by atoms with E-state index in [9.17, 15) is 47.4 Å². The zero-order valence-electron chi connectivity index (χ0n) is 20.0. The summed E-state index contributed by atoms with van der Waals surface area (Å²) in [6, 6.07) is 7.90. The number of carboxylic acids is 2. The van der Waals surface area contributed by atoms with Crippen molar-refractivity contribution < 1.29 is 56.8 Å². The minimum absolute atomic E-state index is 0.139. The lowest BCUT2D eigenvalue weighted by atomic mass is 9.57. The van der Waals surface area contributed by atoms with Crippen molar-refractivity contribution in [2.75, 3.05) is 13.2 Å². The van der Waals surface area contributed by atoms with Gasteiger partial charge in [-0.25, -0.2) is 0 Å². The van der Waals surface area contributed by atoms with Crippen LogP contribution >= 0.6 is 11.6 Å². The number of rotatable bonds is 11. The zero-order valence-corrected chi connectivity index (χ0v) is 20.8. The first-order valence-corrected chi connectivity index (χ1v) is 11.1. The van der Waals surface area contributed by atoms with Crippen molar-refractivity contribution >= 4 is 41.3 Å². The Bertz CT molecular complexity index is 1210. The topological polar surface area (TPSA) is 144 Å². The number of carbonyl (C=O) groups is 5. The Morgan fingerprint density at radius 3 is 1.63 bits per heavy atom. The van der Waals surface area contributed by atoms with E-state index in [1.807, 2.05) is 0 Å². The van der Waals surface area contributed by atoms with Crippen LogP contribution in [0.4, 0.5) is 13.2 Å². The lowest BCUT2D eigenvalue weighted by molar-refractivity contribution is -0.183. The van der Waals surface area contributed by atoms with Crippen LogP contribution in [-0.2, 0) is 40.2 Å². The Morgan fingerprint density at radius 2 is 1.21 bits per heavy atom. The third-order valence-electron chi connectivity index (χ3n) is 5.95. The molecule has 2 rings (SSSR count). The van der Waals surface area contributed by atoms with Crippen LogP contribution in [0.1, 0.15) is 41.8 Å². The van der Waals surface area contributed by atoms with Crippen LogP contribution in [0.2, 0.25) is 5.02 Å². The van der Waals surface area contributed by atoms with Crippen LogP contribution in [0.25, 0.3) is 0 Å². The van der Waals surface area contributed by atoms with Crippen molar-refractivity contribution in [1.29, 1.82) is 0 Å². The summed E-state index contributed by atoms with van der Waals surface area (Å²) in [5, 5.41) is 20.7. The summed E-state index contributed by atoms with van der Waals surface area (Å²) in [5.41, 5.74) is -7.05. The van der Waals surface area contributed by atoms with E-state index in [-0.39, 0.29) is 16.1 Å². The van der Waals surface area contributed by atoms with Crippen molar-refractivity contribution in [3.8, 4) is 0 Å². The molecule has 0 heterocycles. The predicted octanol–water partition coefficient (Wildman–Crippen LogP) is 4.15. The Labute approximate surface area is 219 Å². The van der Waals surface area contributed by atoms with Gasteiger partial charge < -0.3 is 19.7 Å². The van der Waals surface area contributed by atoms with E-state index in [2.05, 4.69) is 0 Å². The first-order valence-electron chi connectivity index (χ1n) is 10.8. The molecule has 0 aliphatic rings. The Balaban J connectivity index is 2.86. The van der Waals surface area contributed by atoms with Crippen molar-refractivity contribution in [2.24, 2.45) is 5.41 Å². The minimum Gasteiger partial charge on any atom is -0.480 e. The van der Waals surface area contributed by atoms with Gasteiger partial charge in [0.25, 0.3) is 0 Å². The number of aliphatic carboxylic acids is 2. The Kier molecular flexibility index (Phi) is 9.27. The molecule has 0 fully saturated rings. The van der Waals surface area contributed by atoms with Crippen molar-refractivity contribution in [3.63, 3.8) is 0 Å². The van der Waals surface area contributed by atoms with Gasteiger partial charge in [-0.05, 0) is 29.8 Å². The molecule has 204 valence electrons. The zero-order chi connectivity index (χ0) is 28.9. The number of benzene rings is 2. The average molecular weight is 559 g/mol. The molecule has 1 unspecified atom stereocenters. The van der Waals surface area contributed by atoms with Gasteiger partial charge in [0.15, 0.2) is 5.78 Å². The molecule has 0 bridgehead atoms. The highest BCUT2D eigenvalue weighted by atomic mass is 35.5. The summed E-state index contributed by atoms with van der Waals surface area (Å²) >= 11 is 5.94. The highest BCUT2D eigenvalue weighted by Gasteiger charge is 2.65. The van der Waals surface area contributed by atoms with Gasteiger partial charge in [-0.2, -0.15) is 13.2 Å². The molecule has 0 aliphatic heterocycles.